The summed E-state index contributed by atoms with van der Waals surface area (Å²) in [5.74, 6) is 3.49. The van der Waals surface area contributed by atoms with E-state index in [4.69, 9.17) is 0 Å². The number of carbonyl (C=O) groups excluding carboxylic acids is 1. The van der Waals surface area contributed by atoms with Gasteiger partial charge in [-0.15, -0.1) is 11.8 Å². The van der Waals surface area contributed by atoms with Crippen LogP contribution in [0.1, 0.15) is 24.2 Å². The van der Waals surface area contributed by atoms with Crippen LogP contribution in [-0.2, 0) is 4.79 Å². The van der Waals surface area contributed by atoms with Crippen molar-refractivity contribution in [1.82, 2.24) is 14.9 Å². The van der Waals surface area contributed by atoms with Gasteiger partial charge < -0.3 is 9.80 Å². The molecule has 0 aliphatic carbocycles. The summed E-state index contributed by atoms with van der Waals surface area (Å²) in [7, 11) is 0. The van der Waals surface area contributed by atoms with Crippen molar-refractivity contribution in [2.75, 3.05) is 36.2 Å². The average molecular weight is 306 g/mol. The number of aromatic nitrogens is 2. The maximum absolute atomic E-state index is 12.4. The first kappa shape index (κ1) is 14.6. The largest absolute Gasteiger partial charge is 0.355 e. The second-order valence-electron chi connectivity index (χ2n) is 5.82. The topological polar surface area (TPSA) is 49.3 Å². The predicted octanol–water partition coefficient (Wildman–Crippen LogP) is 1.84. The van der Waals surface area contributed by atoms with Gasteiger partial charge in [-0.25, -0.2) is 4.98 Å². The molecule has 5 nitrogen and oxygen atoms in total. The molecule has 2 saturated heterocycles. The lowest BCUT2D eigenvalue weighted by atomic mass is 9.95. The molecule has 21 heavy (non-hydrogen) atoms. The Kier molecular flexibility index (Phi) is 4.33. The number of aryl methyl sites for hydroxylation is 2. The number of rotatable bonds is 2. The molecule has 0 radical (unpaired) electrons. The van der Waals surface area contributed by atoms with Gasteiger partial charge in [-0.2, -0.15) is 0 Å². The smallest absolute Gasteiger partial charge is 0.226 e. The number of piperidine rings is 1. The highest BCUT2D eigenvalue weighted by Crippen LogP contribution is 2.26. The number of hydrogen-bond acceptors (Lipinski definition) is 5. The summed E-state index contributed by atoms with van der Waals surface area (Å²) in [4.78, 5) is 25.7. The molecule has 0 atom stereocenters. The monoisotopic (exact) mass is 306 g/mol. The fourth-order valence-corrected chi connectivity index (χ4v) is 3.96. The Morgan fingerprint density at radius 1 is 1.29 bits per heavy atom. The Hall–Kier alpha value is -1.30. The van der Waals surface area contributed by atoms with Crippen LogP contribution < -0.4 is 4.90 Å². The molecule has 1 amide bonds. The molecule has 2 aliphatic heterocycles. The van der Waals surface area contributed by atoms with Crippen LogP contribution in [0.15, 0.2) is 6.20 Å². The minimum absolute atomic E-state index is 0.193. The van der Waals surface area contributed by atoms with Crippen LogP contribution in [0.4, 0.5) is 5.82 Å². The molecule has 0 aromatic carbocycles. The number of hydrogen-bond donors (Lipinski definition) is 0. The summed E-state index contributed by atoms with van der Waals surface area (Å²) >= 11 is 1.85. The molecule has 3 heterocycles. The Morgan fingerprint density at radius 3 is 2.71 bits per heavy atom. The normalized spacial score (nSPS) is 20.1. The van der Waals surface area contributed by atoms with Crippen LogP contribution >= 0.6 is 11.8 Å². The van der Waals surface area contributed by atoms with Gasteiger partial charge in [0.15, 0.2) is 0 Å². The molecule has 1 aromatic heterocycles. The zero-order chi connectivity index (χ0) is 14.8. The predicted molar refractivity (Wildman–Crippen MR) is 85.5 cm³/mol. The van der Waals surface area contributed by atoms with E-state index in [1.54, 1.807) is 6.20 Å². The molecule has 0 unspecified atom stereocenters. The standard InChI is InChI=1S/C15H22N4OS/c1-11-9-16-12(2)14(17-11)18-5-3-13(4-6-18)15(20)19-7-8-21-10-19/h9,13H,3-8,10H2,1-2H3. The molecule has 6 heteroatoms. The fourth-order valence-electron chi connectivity index (χ4n) is 3.01. The van der Waals surface area contributed by atoms with Gasteiger partial charge >= 0.3 is 0 Å². The van der Waals surface area contributed by atoms with Crippen molar-refractivity contribution in [3.8, 4) is 0 Å². The minimum Gasteiger partial charge on any atom is -0.355 e. The number of anilines is 1. The van der Waals surface area contributed by atoms with Crippen LogP contribution in [0, 0.1) is 19.8 Å². The summed E-state index contributed by atoms with van der Waals surface area (Å²) in [6, 6.07) is 0. The van der Waals surface area contributed by atoms with Gasteiger partial charge in [0.05, 0.1) is 17.3 Å². The highest BCUT2D eigenvalue weighted by molar-refractivity contribution is 7.99. The van der Waals surface area contributed by atoms with Gasteiger partial charge in [0.1, 0.15) is 5.82 Å². The SMILES string of the molecule is Cc1cnc(C)c(N2CCC(C(=O)N3CCSC3)CC2)n1. The van der Waals surface area contributed by atoms with Crippen molar-refractivity contribution in [2.24, 2.45) is 5.92 Å². The number of carbonyl (C=O) groups is 1. The van der Waals surface area contributed by atoms with Gasteiger partial charge in [0.25, 0.3) is 0 Å². The molecule has 114 valence electrons. The van der Waals surface area contributed by atoms with E-state index in [0.717, 1.165) is 61.3 Å². The summed E-state index contributed by atoms with van der Waals surface area (Å²) in [5, 5.41) is 0. The van der Waals surface area contributed by atoms with Crippen LogP contribution in [0.3, 0.4) is 0 Å². The lowest BCUT2D eigenvalue weighted by Crippen LogP contribution is -2.42. The third kappa shape index (κ3) is 3.15. The Bertz CT molecular complexity index is 522. The van der Waals surface area contributed by atoms with Gasteiger partial charge in [0, 0.05) is 37.5 Å². The minimum atomic E-state index is 0.193. The van der Waals surface area contributed by atoms with Crippen molar-refractivity contribution < 1.29 is 4.79 Å². The van der Waals surface area contributed by atoms with Crippen LogP contribution in [0.2, 0.25) is 0 Å². The summed E-state index contributed by atoms with van der Waals surface area (Å²) < 4.78 is 0. The number of nitrogens with zero attached hydrogens (tertiary/aromatic N) is 4. The lowest BCUT2D eigenvalue weighted by molar-refractivity contribution is -0.134. The molecule has 0 saturated carbocycles. The van der Waals surface area contributed by atoms with E-state index >= 15 is 0 Å². The van der Waals surface area contributed by atoms with Gasteiger partial charge in [-0.3, -0.25) is 9.78 Å². The second kappa shape index (κ2) is 6.22. The maximum atomic E-state index is 12.4. The first-order valence-corrected chi connectivity index (χ1v) is 8.72. The van der Waals surface area contributed by atoms with E-state index in [-0.39, 0.29) is 5.92 Å². The molecule has 0 N–H and O–H groups in total. The van der Waals surface area contributed by atoms with E-state index < -0.39 is 0 Å². The maximum Gasteiger partial charge on any atom is 0.226 e. The third-order valence-electron chi connectivity index (χ3n) is 4.26. The van der Waals surface area contributed by atoms with Crippen molar-refractivity contribution >= 4 is 23.5 Å². The quantitative estimate of drug-likeness (QED) is 0.834. The second-order valence-corrected chi connectivity index (χ2v) is 6.90. The van der Waals surface area contributed by atoms with Gasteiger partial charge in [-0.1, -0.05) is 0 Å². The Balaban J connectivity index is 1.62. The first-order chi connectivity index (χ1) is 10.1. The number of thioether (sulfide) groups is 1. The summed E-state index contributed by atoms with van der Waals surface area (Å²) in [6.45, 7) is 6.69. The number of amides is 1. The highest BCUT2D eigenvalue weighted by Gasteiger charge is 2.30. The highest BCUT2D eigenvalue weighted by atomic mass is 32.2. The van der Waals surface area contributed by atoms with Crippen LogP contribution in [-0.4, -0.2) is 52.0 Å². The summed E-state index contributed by atoms with van der Waals surface area (Å²) in [6.07, 6.45) is 3.66. The lowest BCUT2D eigenvalue weighted by Gasteiger charge is -2.34. The van der Waals surface area contributed by atoms with E-state index in [9.17, 15) is 4.79 Å². The Morgan fingerprint density at radius 2 is 2.05 bits per heavy atom. The molecule has 1 aromatic rings. The van der Waals surface area contributed by atoms with Gasteiger partial charge in [-0.05, 0) is 26.7 Å². The molecule has 0 spiro atoms. The van der Waals surface area contributed by atoms with E-state index in [1.165, 1.54) is 0 Å². The molecule has 3 rings (SSSR count). The zero-order valence-corrected chi connectivity index (χ0v) is 13.5. The van der Waals surface area contributed by atoms with E-state index in [0.29, 0.717) is 5.91 Å². The molecule has 2 aliphatic rings. The summed E-state index contributed by atoms with van der Waals surface area (Å²) in [5.41, 5.74) is 1.92. The van der Waals surface area contributed by atoms with Crippen LogP contribution in [0.5, 0.6) is 0 Å². The van der Waals surface area contributed by atoms with Crippen LogP contribution in [0.25, 0.3) is 0 Å². The third-order valence-corrected chi connectivity index (χ3v) is 5.22. The van der Waals surface area contributed by atoms with Gasteiger partial charge in [0.2, 0.25) is 5.91 Å². The Labute approximate surface area is 130 Å². The first-order valence-electron chi connectivity index (χ1n) is 7.57. The fraction of sp³-hybridized carbons (Fsp3) is 0.667. The molecule has 2 fully saturated rings. The molecule has 0 bridgehead atoms. The van der Waals surface area contributed by atoms with Crippen molar-refractivity contribution in [1.29, 1.82) is 0 Å². The van der Waals surface area contributed by atoms with Crippen molar-refractivity contribution in [3.05, 3.63) is 17.6 Å². The average Bonchev–Trinajstić information content (AvgIpc) is 3.03. The zero-order valence-electron chi connectivity index (χ0n) is 12.7. The molecular weight excluding hydrogens is 284 g/mol. The van der Waals surface area contributed by atoms with Crippen molar-refractivity contribution in [2.45, 2.75) is 26.7 Å². The molecular formula is C15H22N4OS. The van der Waals surface area contributed by atoms with E-state index in [1.807, 2.05) is 30.5 Å². The van der Waals surface area contributed by atoms with E-state index in [2.05, 4.69) is 14.9 Å². The van der Waals surface area contributed by atoms with Crippen molar-refractivity contribution in [3.63, 3.8) is 0 Å².